The molecule has 24 heavy (non-hydrogen) atoms. The molecule has 0 radical (unpaired) electrons. The van der Waals surface area contributed by atoms with Crippen LogP contribution in [0.2, 0.25) is 0 Å². The standard InChI is InChI=1S/C21H29NO2/c1-16(17-10-6-5-7-11-17)22-14-18(23)15-24-20-13-9-8-12-19(20)21(2,3)4/h5-13,16,18,22-23H,14-15H2,1-4H3/p+1. The SMILES string of the molecule is CC([NH2+]CC(O)COc1ccccc1C(C)(C)C)c1ccccc1. The minimum Gasteiger partial charge on any atom is -0.490 e. The summed E-state index contributed by atoms with van der Waals surface area (Å²) in [7, 11) is 0. The number of quaternary nitrogens is 1. The maximum absolute atomic E-state index is 10.2. The molecule has 0 heterocycles. The van der Waals surface area contributed by atoms with Crippen molar-refractivity contribution in [3.8, 4) is 5.75 Å². The summed E-state index contributed by atoms with van der Waals surface area (Å²) in [6.07, 6.45) is -0.496. The second kappa shape index (κ2) is 8.32. The first kappa shape index (κ1) is 18.5. The van der Waals surface area contributed by atoms with E-state index in [1.165, 1.54) is 11.1 Å². The molecule has 0 amide bonds. The first-order chi connectivity index (χ1) is 11.4. The summed E-state index contributed by atoms with van der Waals surface area (Å²) < 4.78 is 5.89. The molecule has 3 nitrogen and oxygen atoms in total. The van der Waals surface area contributed by atoms with Gasteiger partial charge in [-0.1, -0.05) is 69.3 Å². The van der Waals surface area contributed by atoms with Crippen LogP contribution < -0.4 is 10.1 Å². The van der Waals surface area contributed by atoms with Crippen molar-refractivity contribution in [2.24, 2.45) is 0 Å². The zero-order valence-electron chi connectivity index (χ0n) is 15.2. The van der Waals surface area contributed by atoms with Crippen LogP contribution in [0, 0.1) is 0 Å². The van der Waals surface area contributed by atoms with Crippen LogP contribution in [-0.2, 0) is 5.41 Å². The van der Waals surface area contributed by atoms with E-state index in [2.05, 4.69) is 51.2 Å². The third kappa shape index (κ3) is 5.36. The fourth-order valence-corrected chi connectivity index (χ4v) is 2.72. The Balaban J connectivity index is 1.85. The van der Waals surface area contributed by atoms with Crippen LogP contribution in [0.3, 0.4) is 0 Å². The minimum absolute atomic E-state index is 0.0233. The highest BCUT2D eigenvalue weighted by Gasteiger charge is 2.19. The third-order valence-corrected chi connectivity index (χ3v) is 4.21. The first-order valence-corrected chi connectivity index (χ1v) is 8.66. The molecule has 2 aromatic carbocycles. The van der Waals surface area contributed by atoms with Crippen LogP contribution in [0.25, 0.3) is 0 Å². The molecule has 0 saturated carbocycles. The molecule has 2 atom stereocenters. The molecule has 2 unspecified atom stereocenters. The maximum Gasteiger partial charge on any atom is 0.137 e. The molecule has 3 N–H and O–H groups in total. The predicted octanol–water partition coefficient (Wildman–Crippen LogP) is 3.05. The predicted molar refractivity (Wildman–Crippen MR) is 98.3 cm³/mol. The number of ether oxygens (including phenoxy) is 1. The van der Waals surface area contributed by atoms with E-state index < -0.39 is 6.10 Å². The third-order valence-electron chi connectivity index (χ3n) is 4.21. The summed E-state index contributed by atoms with van der Waals surface area (Å²) in [6, 6.07) is 18.7. The van der Waals surface area contributed by atoms with Gasteiger partial charge in [-0.05, 0) is 24.0 Å². The molecule has 2 rings (SSSR count). The molecule has 0 aromatic heterocycles. The molecule has 2 aromatic rings. The Morgan fingerprint density at radius 1 is 1.00 bits per heavy atom. The number of aliphatic hydroxyl groups is 1. The normalized spacial score (nSPS) is 14.2. The van der Waals surface area contributed by atoms with Gasteiger partial charge in [-0.15, -0.1) is 0 Å². The largest absolute Gasteiger partial charge is 0.490 e. The van der Waals surface area contributed by atoms with Gasteiger partial charge in [-0.25, -0.2) is 0 Å². The van der Waals surface area contributed by atoms with Crippen LogP contribution >= 0.6 is 0 Å². The molecular formula is C21H30NO2+. The van der Waals surface area contributed by atoms with Crippen molar-refractivity contribution in [3.05, 3.63) is 65.7 Å². The van der Waals surface area contributed by atoms with E-state index in [0.717, 1.165) is 5.75 Å². The van der Waals surface area contributed by atoms with E-state index in [-0.39, 0.29) is 5.41 Å². The molecule has 0 saturated heterocycles. The average Bonchev–Trinajstić information content (AvgIpc) is 2.58. The molecule has 0 bridgehead atoms. The second-order valence-corrected chi connectivity index (χ2v) is 7.38. The van der Waals surface area contributed by atoms with Crippen LogP contribution in [-0.4, -0.2) is 24.4 Å². The summed E-state index contributed by atoms with van der Waals surface area (Å²) in [4.78, 5) is 0. The van der Waals surface area contributed by atoms with Gasteiger partial charge in [0.1, 0.15) is 31.0 Å². The van der Waals surface area contributed by atoms with E-state index in [4.69, 9.17) is 4.74 Å². The number of hydrogen-bond acceptors (Lipinski definition) is 2. The number of aliphatic hydroxyl groups excluding tert-OH is 1. The van der Waals surface area contributed by atoms with Crippen molar-refractivity contribution in [3.63, 3.8) is 0 Å². The lowest BCUT2D eigenvalue weighted by molar-refractivity contribution is -0.698. The Hall–Kier alpha value is -1.84. The fraction of sp³-hybridized carbons (Fsp3) is 0.429. The number of hydrogen-bond donors (Lipinski definition) is 2. The Kier molecular flexibility index (Phi) is 6.41. The summed E-state index contributed by atoms with van der Waals surface area (Å²) in [6.45, 7) is 9.58. The van der Waals surface area contributed by atoms with Crippen LogP contribution in [0.4, 0.5) is 0 Å². The summed E-state index contributed by atoms with van der Waals surface area (Å²) >= 11 is 0. The van der Waals surface area contributed by atoms with Crippen LogP contribution in [0.1, 0.15) is 44.9 Å². The zero-order valence-corrected chi connectivity index (χ0v) is 15.2. The van der Waals surface area contributed by atoms with Gasteiger partial charge in [0.05, 0.1) is 0 Å². The highest BCUT2D eigenvalue weighted by atomic mass is 16.5. The lowest BCUT2D eigenvalue weighted by atomic mass is 9.86. The summed E-state index contributed by atoms with van der Waals surface area (Å²) in [5, 5.41) is 12.4. The molecule has 0 fully saturated rings. The Morgan fingerprint density at radius 3 is 2.29 bits per heavy atom. The molecule has 0 spiro atoms. The second-order valence-electron chi connectivity index (χ2n) is 7.38. The number of nitrogens with two attached hydrogens (primary N) is 1. The minimum atomic E-state index is -0.496. The summed E-state index contributed by atoms with van der Waals surface area (Å²) in [5.74, 6) is 0.861. The van der Waals surface area contributed by atoms with Crippen molar-refractivity contribution in [1.29, 1.82) is 0 Å². The quantitative estimate of drug-likeness (QED) is 0.820. The Bertz CT molecular complexity index is 619. The van der Waals surface area contributed by atoms with E-state index in [0.29, 0.717) is 19.2 Å². The van der Waals surface area contributed by atoms with E-state index in [1.54, 1.807) is 0 Å². The Morgan fingerprint density at radius 2 is 1.62 bits per heavy atom. The number of rotatable bonds is 7. The maximum atomic E-state index is 10.2. The molecule has 3 heteroatoms. The summed E-state index contributed by atoms with van der Waals surface area (Å²) in [5.41, 5.74) is 2.46. The van der Waals surface area contributed by atoms with Crippen LogP contribution in [0.15, 0.2) is 54.6 Å². The van der Waals surface area contributed by atoms with Gasteiger partial charge in [0, 0.05) is 5.56 Å². The van der Waals surface area contributed by atoms with E-state index in [9.17, 15) is 5.11 Å². The lowest BCUT2D eigenvalue weighted by Gasteiger charge is -2.23. The van der Waals surface area contributed by atoms with Crippen molar-refractivity contribution >= 4 is 0 Å². The molecule has 0 aliphatic carbocycles. The van der Waals surface area contributed by atoms with Gasteiger partial charge in [-0.2, -0.15) is 0 Å². The van der Waals surface area contributed by atoms with Gasteiger partial charge < -0.3 is 15.2 Å². The Labute approximate surface area is 145 Å². The topological polar surface area (TPSA) is 46.1 Å². The van der Waals surface area contributed by atoms with E-state index >= 15 is 0 Å². The van der Waals surface area contributed by atoms with Gasteiger partial charge in [0.15, 0.2) is 0 Å². The zero-order chi connectivity index (χ0) is 17.6. The van der Waals surface area contributed by atoms with Crippen LogP contribution in [0.5, 0.6) is 5.75 Å². The van der Waals surface area contributed by atoms with Gasteiger partial charge in [0.25, 0.3) is 0 Å². The molecule has 0 aliphatic heterocycles. The van der Waals surface area contributed by atoms with Crippen molar-refractivity contribution in [2.75, 3.05) is 13.2 Å². The lowest BCUT2D eigenvalue weighted by Crippen LogP contribution is -2.87. The monoisotopic (exact) mass is 328 g/mol. The van der Waals surface area contributed by atoms with Crippen molar-refractivity contribution < 1.29 is 15.2 Å². The highest BCUT2D eigenvalue weighted by molar-refractivity contribution is 5.38. The molecular weight excluding hydrogens is 298 g/mol. The average molecular weight is 328 g/mol. The number of para-hydroxylation sites is 1. The van der Waals surface area contributed by atoms with Crippen molar-refractivity contribution in [2.45, 2.75) is 45.3 Å². The van der Waals surface area contributed by atoms with E-state index in [1.807, 2.05) is 36.4 Å². The first-order valence-electron chi connectivity index (χ1n) is 8.66. The molecule has 0 aliphatic rings. The smallest absolute Gasteiger partial charge is 0.137 e. The van der Waals surface area contributed by atoms with Crippen molar-refractivity contribution in [1.82, 2.24) is 0 Å². The van der Waals surface area contributed by atoms with Gasteiger partial charge in [-0.3, -0.25) is 0 Å². The highest BCUT2D eigenvalue weighted by Crippen LogP contribution is 2.30. The van der Waals surface area contributed by atoms with Gasteiger partial charge in [0.2, 0.25) is 0 Å². The molecule has 130 valence electrons. The fourth-order valence-electron chi connectivity index (χ4n) is 2.72. The number of benzene rings is 2. The van der Waals surface area contributed by atoms with Gasteiger partial charge >= 0.3 is 0 Å².